The van der Waals surface area contributed by atoms with Crippen molar-refractivity contribution in [2.75, 3.05) is 0 Å². The summed E-state index contributed by atoms with van der Waals surface area (Å²) in [5, 5.41) is 6.44. The van der Waals surface area contributed by atoms with E-state index in [-0.39, 0.29) is 0 Å². The van der Waals surface area contributed by atoms with Crippen molar-refractivity contribution in [1.29, 1.82) is 0 Å². The van der Waals surface area contributed by atoms with Gasteiger partial charge >= 0.3 is 0 Å². The Hall–Kier alpha value is -6.63. The van der Waals surface area contributed by atoms with Gasteiger partial charge in [-0.2, -0.15) is 0 Å². The number of hydrogen-bond acceptors (Lipinski definition) is 6. The first kappa shape index (κ1) is 28.2. The summed E-state index contributed by atoms with van der Waals surface area (Å²) in [7, 11) is 0. The molecule has 0 aliphatic carbocycles. The van der Waals surface area contributed by atoms with Gasteiger partial charge in [-0.25, -0.2) is 15.0 Å². The van der Waals surface area contributed by atoms with Gasteiger partial charge in [-0.1, -0.05) is 115 Å². The van der Waals surface area contributed by atoms with Crippen molar-refractivity contribution in [3.05, 3.63) is 152 Å². The predicted octanol–water partition coefficient (Wildman–Crippen LogP) is 12.7. The van der Waals surface area contributed by atoms with Gasteiger partial charge in [0.1, 0.15) is 22.3 Å². The predicted molar refractivity (Wildman–Crippen MR) is 209 cm³/mol. The minimum atomic E-state index is 0.565. The van der Waals surface area contributed by atoms with Crippen molar-refractivity contribution >= 4 is 75.4 Å². The Balaban J connectivity index is 1.24. The van der Waals surface area contributed by atoms with Gasteiger partial charge in [-0.05, 0) is 47.5 Å². The molecule has 11 aromatic rings. The first-order valence-electron chi connectivity index (χ1n) is 16.9. The van der Waals surface area contributed by atoms with Crippen LogP contribution in [0.3, 0.4) is 0 Å². The number of rotatable bonds is 4. The molecule has 0 amide bonds. The molecule has 0 aliphatic heterocycles. The third-order valence-electron chi connectivity index (χ3n) is 9.74. The molecule has 7 aromatic carbocycles. The van der Waals surface area contributed by atoms with Gasteiger partial charge in [0.05, 0.1) is 10.3 Å². The minimum absolute atomic E-state index is 0.565. The zero-order chi connectivity index (χ0) is 33.5. The quantitative estimate of drug-likeness (QED) is 0.186. The van der Waals surface area contributed by atoms with E-state index in [4.69, 9.17) is 23.8 Å². The highest BCUT2D eigenvalue weighted by Crippen LogP contribution is 2.47. The van der Waals surface area contributed by atoms with E-state index in [0.717, 1.165) is 81.8 Å². The van der Waals surface area contributed by atoms with E-state index in [2.05, 4.69) is 91.0 Å². The molecule has 0 atom stereocenters. The van der Waals surface area contributed by atoms with Crippen molar-refractivity contribution in [3.63, 3.8) is 0 Å². The highest BCUT2D eigenvalue weighted by molar-refractivity contribution is 7.26. The van der Waals surface area contributed by atoms with Crippen LogP contribution in [0, 0.1) is 0 Å². The maximum atomic E-state index is 6.70. The van der Waals surface area contributed by atoms with Crippen LogP contribution in [0.15, 0.2) is 160 Å². The van der Waals surface area contributed by atoms with Crippen molar-refractivity contribution in [1.82, 2.24) is 15.0 Å². The fourth-order valence-corrected chi connectivity index (χ4v) is 8.61. The Labute approximate surface area is 295 Å². The van der Waals surface area contributed by atoms with Gasteiger partial charge in [0, 0.05) is 48.1 Å². The van der Waals surface area contributed by atoms with Crippen LogP contribution in [0.4, 0.5) is 0 Å². The Bertz CT molecular complexity index is 3050. The summed E-state index contributed by atoms with van der Waals surface area (Å²) in [5.41, 5.74) is 8.11. The summed E-state index contributed by atoms with van der Waals surface area (Å²) < 4.78 is 15.4. The molecule has 51 heavy (non-hydrogen) atoms. The van der Waals surface area contributed by atoms with Gasteiger partial charge < -0.3 is 8.83 Å². The maximum absolute atomic E-state index is 6.70. The maximum Gasteiger partial charge on any atom is 0.169 e. The molecular formula is C45H25N3O2S. The van der Waals surface area contributed by atoms with E-state index in [1.54, 1.807) is 11.3 Å². The van der Waals surface area contributed by atoms with Crippen molar-refractivity contribution in [3.8, 4) is 45.3 Å². The number of furan rings is 2. The number of benzene rings is 7. The molecule has 0 radical (unpaired) electrons. The summed E-state index contributed by atoms with van der Waals surface area (Å²) in [4.78, 5) is 15.7. The number of nitrogens with zero attached hydrogens (tertiary/aromatic N) is 3. The lowest BCUT2D eigenvalue weighted by molar-refractivity contribution is 0.669. The molecule has 5 nitrogen and oxygen atoms in total. The first-order valence-corrected chi connectivity index (χ1v) is 17.7. The normalized spacial score (nSPS) is 11.9. The number of thiophene rings is 1. The zero-order valence-corrected chi connectivity index (χ0v) is 27.8. The van der Waals surface area contributed by atoms with E-state index in [0.29, 0.717) is 17.5 Å². The largest absolute Gasteiger partial charge is 0.456 e. The monoisotopic (exact) mass is 671 g/mol. The molecule has 0 fully saturated rings. The second-order valence-electron chi connectivity index (χ2n) is 12.7. The highest BCUT2D eigenvalue weighted by Gasteiger charge is 2.24. The molecule has 0 saturated carbocycles. The van der Waals surface area contributed by atoms with Gasteiger partial charge in [0.15, 0.2) is 17.5 Å². The molecule has 238 valence electrons. The Kier molecular flexibility index (Phi) is 6.05. The summed E-state index contributed by atoms with van der Waals surface area (Å²) in [5.74, 6) is 1.72. The number of para-hydroxylation sites is 1. The number of fused-ring (bicyclic) bond motifs is 9. The molecular weight excluding hydrogens is 647 g/mol. The molecule has 11 rings (SSSR count). The van der Waals surface area contributed by atoms with E-state index in [1.165, 1.54) is 10.1 Å². The first-order chi connectivity index (χ1) is 25.3. The van der Waals surface area contributed by atoms with Crippen LogP contribution >= 0.6 is 11.3 Å². The lowest BCUT2D eigenvalue weighted by Crippen LogP contribution is -2.00. The van der Waals surface area contributed by atoms with Gasteiger partial charge in [0.2, 0.25) is 0 Å². The topological polar surface area (TPSA) is 65.0 Å². The molecule has 0 spiro atoms. The molecule has 0 aliphatic rings. The van der Waals surface area contributed by atoms with E-state index in [9.17, 15) is 0 Å². The van der Waals surface area contributed by atoms with Crippen LogP contribution in [0.5, 0.6) is 0 Å². The molecule has 6 heteroatoms. The average Bonchev–Trinajstić information content (AvgIpc) is 3.88. The molecule has 4 heterocycles. The molecule has 0 bridgehead atoms. The number of hydrogen-bond donors (Lipinski definition) is 0. The smallest absolute Gasteiger partial charge is 0.169 e. The van der Waals surface area contributed by atoms with Gasteiger partial charge in [0.25, 0.3) is 0 Å². The number of aromatic nitrogens is 3. The van der Waals surface area contributed by atoms with Crippen LogP contribution in [0.1, 0.15) is 0 Å². The van der Waals surface area contributed by atoms with Gasteiger partial charge in [-0.3, -0.25) is 0 Å². The Morgan fingerprint density at radius 2 is 1.10 bits per heavy atom. The Morgan fingerprint density at radius 3 is 1.96 bits per heavy atom. The lowest BCUT2D eigenvalue weighted by Gasteiger charge is -2.10. The summed E-state index contributed by atoms with van der Waals surface area (Å²) in [6.45, 7) is 0. The summed E-state index contributed by atoms with van der Waals surface area (Å²) in [6.07, 6.45) is 0. The molecule has 0 N–H and O–H groups in total. The fraction of sp³-hybridized carbons (Fsp3) is 0. The van der Waals surface area contributed by atoms with Crippen LogP contribution in [0.2, 0.25) is 0 Å². The third-order valence-corrected chi connectivity index (χ3v) is 10.9. The van der Waals surface area contributed by atoms with Crippen LogP contribution in [-0.2, 0) is 0 Å². The van der Waals surface area contributed by atoms with E-state index in [1.807, 2.05) is 60.7 Å². The Morgan fingerprint density at radius 1 is 0.412 bits per heavy atom. The van der Waals surface area contributed by atoms with Crippen molar-refractivity contribution < 1.29 is 8.83 Å². The SMILES string of the molecule is c1ccc(-c2ccc3oc4cccc(-c5nc(-c6ccccc6)nc(-c6c7oc8ccccc8c7cc7c6sc6ccccc67)n5)c4c3c2)cc1. The van der Waals surface area contributed by atoms with Gasteiger partial charge in [-0.15, -0.1) is 11.3 Å². The third kappa shape index (κ3) is 4.37. The molecule has 4 aromatic heterocycles. The van der Waals surface area contributed by atoms with Crippen molar-refractivity contribution in [2.24, 2.45) is 0 Å². The van der Waals surface area contributed by atoms with Crippen LogP contribution in [-0.4, -0.2) is 15.0 Å². The van der Waals surface area contributed by atoms with Crippen LogP contribution in [0.25, 0.3) is 109 Å². The molecule has 0 unspecified atom stereocenters. The second kappa shape index (κ2) is 10.9. The summed E-state index contributed by atoms with van der Waals surface area (Å²) in [6, 6.07) is 52.0. The average molecular weight is 672 g/mol. The minimum Gasteiger partial charge on any atom is -0.456 e. The van der Waals surface area contributed by atoms with E-state index >= 15 is 0 Å². The fourth-order valence-electron chi connectivity index (χ4n) is 7.39. The van der Waals surface area contributed by atoms with Crippen LogP contribution < -0.4 is 0 Å². The second-order valence-corrected chi connectivity index (χ2v) is 13.8. The zero-order valence-electron chi connectivity index (χ0n) is 27.0. The van der Waals surface area contributed by atoms with E-state index < -0.39 is 0 Å². The highest BCUT2D eigenvalue weighted by atomic mass is 32.1. The lowest BCUT2D eigenvalue weighted by atomic mass is 10.0. The molecule has 0 saturated heterocycles. The van der Waals surface area contributed by atoms with Crippen molar-refractivity contribution in [2.45, 2.75) is 0 Å². The standard InChI is InChI=1S/C45H25N3O2S/c1-3-12-26(13-4-1)28-22-23-36-34(24-28)39-31(18-11-20-37(39)49-36)44-46-43(27-14-5-2-6-15-27)47-45(48-44)40-41-32(29-16-7-9-19-35(29)50-41)25-33-30-17-8-10-21-38(30)51-42(33)40/h1-25H. The summed E-state index contributed by atoms with van der Waals surface area (Å²) >= 11 is 1.74.